The van der Waals surface area contributed by atoms with Crippen molar-refractivity contribution in [1.82, 2.24) is 9.97 Å². The normalized spacial score (nSPS) is 10.2. The van der Waals surface area contributed by atoms with Gasteiger partial charge in [-0.2, -0.15) is 0 Å². The van der Waals surface area contributed by atoms with Crippen LogP contribution in [-0.2, 0) is 0 Å². The second-order valence-corrected chi connectivity index (χ2v) is 4.49. The number of benzene rings is 1. The Hall–Kier alpha value is -1.69. The Balaban J connectivity index is 2.37. The van der Waals surface area contributed by atoms with Crippen molar-refractivity contribution in [2.75, 3.05) is 17.7 Å². The van der Waals surface area contributed by atoms with Crippen LogP contribution in [0.4, 0.5) is 21.7 Å². The summed E-state index contributed by atoms with van der Waals surface area (Å²) in [6.45, 7) is 1.72. The van der Waals surface area contributed by atoms with Gasteiger partial charge < -0.3 is 10.6 Å². The summed E-state index contributed by atoms with van der Waals surface area (Å²) in [5, 5.41) is 5.86. The fourth-order valence-corrected chi connectivity index (χ4v) is 2.00. The molecule has 0 aliphatic rings. The molecule has 0 unspecified atom stereocenters. The lowest BCUT2D eigenvalue weighted by atomic mass is 10.2. The first-order valence-electron chi connectivity index (χ1n) is 5.34. The van der Waals surface area contributed by atoms with Crippen molar-refractivity contribution in [2.45, 2.75) is 6.92 Å². The van der Waals surface area contributed by atoms with Gasteiger partial charge in [-0.15, -0.1) is 0 Å². The fraction of sp³-hybridized carbons (Fsp3) is 0.167. The maximum atomic E-state index is 13.9. The summed E-state index contributed by atoms with van der Waals surface area (Å²) in [5.41, 5.74) is 0.968. The Labute approximate surface area is 113 Å². The largest absolute Gasteiger partial charge is 0.372 e. The van der Waals surface area contributed by atoms with Gasteiger partial charge in [-0.3, -0.25) is 0 Å². The van der Waals surface area contributed by atoms with Crippen molar-refractivity contribution in [2.24, 2.45) is 0 Å². The van der Waals surface area contributed by atoms with Crippen molar-refractivity contribution in [3.05, 3.63) is 40.4 Å². The number of anilines is 3. The summed E-state index contributed by atoms with van der Waals surface area (Å²) < 4.78 is 14.5. The molecule has 0 fully saturated rings. The summed E-state index contributed by atoms with van der Waals surface area (Å²) in [6, 6.07) is 5.17. The predicted octanol–water partition coefficient (Wildman–Crippen LogP) is 3.47. The molecule has 0 aliphatic carbocycles. The molecular weight excluding hydrogens is 299 g/mol. The molecule has 0 saturated heterocycles. The van der Waals surface area contributed by atoms with Crippen LogP contribution in [0.2, 0.25) is 0 Å². The SMILES string of the molecule is CNc1ncnc(Nc2cccc(C)c2F)c1Br. The molecule has 0 bridgehead atoms. The van der Waals surface area contributed by atoms with E-state index >= 15 is 0 Å². The van der Waals surface area contributed by atoms with Crippen LogP contribution in [0.25, 0.3) is 0 Å². The lowest BCUT2D eigenvalue weighted by Gasteiger charge is -2.11. The quantitative estimate of drug-likeness (QED) is 0.911. The van der Waals surface area contributed by atoms with Gasteiger partial charge in [0.2, 0.25) is 0 Å². The van der Waals surface area contributed by atoms with E-state index in [4.69, 9.17) is 0 Å². The molecule has 2 aromatic rings. The molecule has 0 saturated carbocycles. The number of nitrogens with one attached hydrogen (secondary N) is 2. The molecule has 0 atom stereocenters. The Bertz CT molecular complexity index is 574. The summed E-state index contributed by atoms with van der Waals surface area (Å²) in [6.07, 6.45) is 1.41. The molecule has 0 aliphatic heterocycles. The van der Waals surface area contributed by atoms with Crippen molar-refractivity contribution in [1.29, 1.82) is 0 Å². The van der Waals surface area contributed by atoms with Gasteiger partial charge in [0.05, 0.1) is 5.69 Å². The highest BCUT2D eigenvalue weighted by molar-refractivity contribution is 9.10. The molecule has 4 nitrogen and oxygen atoms in total. The van der Waals surface area contributed by atoms with Crippen molar-refractivity contribution in [3.63, 3.8) is 0 Å². The van der Waals surface area contributed by atoms with Crippen molar-refractivity contribution < 1.29 is 4.39 Å². The third-order valence-corrected chi connectivity index (χ3v) is 3.22. The van der Waals surface area contributed by atoms with Crippen LogP contribution in [-0.4, -0.2) is 17.0 Å². The summed E-state index contributed by atoms with van der Waals surface area (Å²) in [7, 11) is 1.75. The van der Waals surface area contributed by atoms with Crippen LogP contribution in [0.3, 0.4) is 0 Å². The van der Waals surface area contributed by atoms with E-state index in [1.165, 1.54) is 6.33 Å². The van der Waals surface area contributed by atoms with Gasteiger partial charge in [-0.25, -0.2) is 14.4 Å². The number of nitrogens with zero attached hydrogens (tertiary/aromatic N) is 2. The summed E-state index contributed by atoms with van der Waals surface area (Å²) in [4.78, 5) is 8.11. The predicted molar refractivity (Wildman–Crippen MR) is 73.7 cm³/mol. The van der Waals surface area contributed by atoms with Crippen molar-refractivity contribution >= 4 is 33.3 Å². The van der Waals surface area contributed by atoms with Crippen LogP contribution in [0, 0.1) is 12.7 Å². The van der Waals surface area contributed by atoms with Gasteiger partial charge in [-0.1, -0.05) is 12.1 Å². The zero-order valence-electron chi connectivity index (χ0n) is 9.96. The van der Waals surface area contributed by atoms with Crippen LogP contribution in [0.15, 0.2) is 29.0 Å². The summed E-state index contributed by atoms with van der Waals surface area (Å²) in [5.74, 6) is 0.869. The van der Waals surface area contributed by atoms with Crippen LogP contribution < -0.4 is 10.6 Å². The molecule has 0 radical (unpaired) electrons. The number of hydrogen-bond acceptors (Lipinski definition) is 4. The van der Waals surface area contributed by atoms with Gasteiger partial charge in [0, 0.05) is 7.05 Å². The maximum Gasteiger partial charge on any atom is 0.150 e. The second-order valence-electron chi connectivity index (χ2n) is 3.70. The first kappa shape index (κ1) is 12.8. The van der Waals surface area contributed by atoms with E-state index in [9.17, 15) is 4.39 Å². The molecule has 0 spiro atoms. The van der Waals surface area contributed by atoms with Gasteiger partial charge in [0.1, 0.15) is 28.3 Å². The zero-order chi connectivity index (χ0) is 13.1. The third kappa shape index (κ3) is 2.43. The van der Waals surface area contributed by atoms with Gasteiger partial charge in [0.25, 0.3) is 0 Å². The average molecular weight is 311 g/mol. The monoisotopic (exact) mass is 310 g/mol. The molecule has 1 heterocycles. The smallest absolute Gasteiger partial charge is 0.150 e. The standard InChI is InChI=1S/C12H12BrFN4/c1-7-4-3-5-8(10(7)14)18-12-9(13)11(15-2)16-6-17-12/h3-6H,1-2H3,(H2,15,16,17,18). The van der Waals surface area contributed by atoms with E-state index in [2.05, 4.69) is 36.5 Å². The molecule has 1 aromatic heterocycles. The molecule has 2 rings (SSSR count). The first-order valence-corrected chi connectivity index (χ1v) is 6.13. The molecular formula is C12H12BrFN4. The average Bonchev–Trinajstić information content (AvgIpc) is 2.37. The van der Waals surface area contributed by atoms with Gasteiger partial charge in [0.15, 0.2) is 0 Å². The number of hydrogen-bond donors (Lipinski definition) is 2. The van der Waals surface area contributed by atoms with Crippen LogP contribution in [0.1, 0.15) is 5.56 Å². The molecule has 18 heavy (non-hydrogen) atoms. The highest BCUT2D eigenvalue weighted by Crippen LogP contribution is 2.29. The number of aryl methyl sites for hydroxylation is 1. The fourth-order valence-electron chi connectivity index (χ4n) is 1.50. The van der Waals surface area contributed by atoms with Crippen LogP contribution in [0.5, 0.6) is 0 Å². The van der Waals surface area contributed by atoms with E-state index in [-0.39, 0.29) is 5.82 Å². The highest BCUT2D eigenvalue weighted by atomic mass is 79.9. The molecule has 94 valence electrons. The number of rotatable bonds is 3. The van der Waals surface area contributed by atoms with Gasteiger partial charge in [-0.05, 0) is 34.5 Å². The van der Waals surface area contributed by atoms with E-state index in [0.717, 1.165) is 0 Å². The minimum atomic E-state index is -0.283. The van der Waals surface area contributed by atoms with E-state index < -0.39 is 0 Å². The second kappa shape index (κ2) is 5.30. The Morgan fingerprint density at radius 1 is 1.22 bits per heavy atom. The molecule has 1 aromatic carbocycles. The minimum absolute atomic E-state index is 0.283. The maximum absolute atomic E-state index is 13.9. The Morgan fingerprint density at radius 3 is 2.67 bits per heavy atom. The molecule has 0 amide bonds. The first-order chi connectivity index (χ1) is 8.63. The lowest BCUT2D eigenvalue weighted by Crippen LogP contribution is -2.02. The topological polar surface area (TPSA) is 49.8 Å². The zero-order valence-corrected chi connectivity index (χ0v) is 11.5. The molecule has 6 heteroatoms. The van der Waals surface area contributed by atoms with E-state index in [1.807, 2.05) is 0 Å². The third-order valence-electron chi connectivity index (χ3n) is 2.47. The molecule has 2 N–H and O–H groups in total. The lowest BCUT2D eigenvalue weighted by molar-refractivity contribution is 0.622. The Morgan fingerprint density at radius 2 is 1.94 bits per heavy atom. The van der Waals surface area contributed by atoms with E-state index in [0.29, 0.717) is 27.4 Å². The number of aromatic nitrogens is 2. The minimum Gasteiger partial charge on any atom is -0.372 e. The van der Waals surface area contributed by atoms with E-state index in [1.54, 1.807) is 32.2 Å². The van der Waals surface area contributed by atoms with Crippen LogP contribution >= 0.6 is 15.9 Å². The number of halogens is 2. The summed E-state index contributed by atoms with van der Waals surface area (Å²) >= 11 is 3.37. The van der Waals surface area contributed by atoms with Gasteiger partial charge >= 0.3 is 0 Å². The highest BCUT2D eigenvalue weighted by Gasteiger charge is 2.10. The van der Waals surface area contributed by atoms with Crippen molar-refractivity contribution in [3.8, 4) is 0 Å². The Kier molecular flexibility index (Phi) is 3.76.